The first-order valence-electron chi connectivity index (χ1n) is 9.82. The van der Waals surface area contributed by atoms with Crippen LogP contribution in [0.25, 0.3) is 0 Å². The fraction of sp³-hybridized carbons (Fsp3) is 0.435. The number of rotatable bonds is 6. The van der Waals surface area contributed by atoms with Crippen LogP contribution in [0.2, 0.25) is 0 Å². The Labute approximate surface area is 157 Å². The van der Waals surface area contributed by atoms with Crippen LogP contribution in [0.3, 0.4) is 0 Å². The quantitative estimate of drug-likeness (QED) is 0.747. The van der Waals surface area contributed by atoms with Gasteiger partial charge in [0.15, 0.2) is 0 Å². The minimum Gasteiger partial charge on any atom is -0.309 e. The summed E-state index contributed by atoms with van der Waals surface area (Å²) in [6, 6.07) is 19.4. The molecule has 0 bridgehead atoms. The number of amides is 1. The molecule has 3 rings (SSSR count). The van der Waals surface area contributed by atoms with Gasteiger partial charge in [0, 0.05) is 37.8 Å². The van der Waals surface area contributed by atoms with E-state index in [0.29, 0.717) is 12.5 Å². The number of nitrogens with zero attached hydrogens (tertiary/aromatic N) is 2. The molecule has 0 N–H and O–H groups in total. The van der Waals surface area contributed by atoms with E-state index in [2.05, 4.69) is 78.2 Å². The maximum absolute atomic E-state index is 12.8. The van der Waals surface area contributed by atoms with E-state index in [-0.39, 0.29) is 5.91 Å². The molecular weight excluding hydrogens is 320 g/mol. The fourth-order valence-electron chi connectivity index (χ4n) is 3.78. The Kier molecular flexibility index (Phi) is 6.45. The van der Waals surface area contributed by atoms with E-state index < -0.39 is 0 Å². The van der Waals surface area contributed by atoms with Crippen molar-refractivity contribution in [3.8, 4) is 0 Å². The van der Waals surface area contributed by atoms with Gasteiger partial charge in [0.1, 0.15) is 0 Å². The Morgan fingerprint density at radius 2 is 1.69 bits per heavy atom. The molecule has 0 unspecified atom stereocenters. The normalized spacial score (nSPS) is 15.8. The maximum atomic E-state index is 12.8. The SMILES string of the molecule is CCCC(=O)N(c1ccc(C)cc1)C1CCN(Cc2ccccc2)CC1. The summed E-state index contributed by atoms with van der Waals surface area (Å²) in [5.74, 6) is 0.262. The first-order chi connectivity index (χ1) is 12.7. The smallest absolute Gasteiger partial charge is 0.227 e. The van der Waals surface area contributed by atoms with Gasteiger partial charge in [0.2, 0.25) is 5.91 Å². The van der Waals surface area contributed by atoms with Crippen molar-refractivity contribution in [2.75, 3.05) is 18.0 Å². The van der Waals surface area contributed by atoms with Gasteiger partial charge in [0.05, 0.1) is 0 Å². The van der Waals surface area contributed by atoms with E-state index in [9.17, 15) is 4.79 Å². The molecule has 1 aliphatic heterocycles. The minimum atomic E-state index is 0.262. The third-order valence-electron chi connectivity index (χ3n) is 5.22. The Balaban J connectivity index is 1.66. The molecule has 3 nitrogen and oxygen atoms in total. The topological polar surface area (TPSA) is 23.6 Å². The highest BCUT2D eigenvalue weighted by Gasteiger charge is 2.28. The summed E-state index contributed by atoms with van der Waals surface area (Å²) >= 11 is 0. The lowest BCUT2D eigenvalue weighted by molar-refractivity contribution is -0.119. The predicted octanol–water partition coefficient (Wildman–Crippen LogP) is 4.79. The van der Waals surface area contributed by atoms with Crippen molar-refractivity contribution in [3.05, 3.63) is 65.7 Å². The van der Waals surface area contributed by atoms with Crippen molar-refractivity contribution in [2.45, 2.75) is 52.1 Å². The average Bonchev–Trinajstić information content (AvgIpc) is 2.66. The molecule has 2 aromatic rings. The zero-order chi connectivity index (χ0) is 18.4. The molecule has 2 aromatic carbocycles. The molecule has 1 saturated heterocycles. The lowest BCUT2D eigenvalue weighted by Gasteiger charge is -2.38. The van der Waals surface area contributed by atoms with Crippen LogP contribution in [0.5, 0.6) is 0 Å². The van der Waals surface area contributed by atoms with Crippen molar-refractivity contribution in [1.82, 2.24) is 4.90 Å². The molecule has 1 aliphatic rings. The van der Waals surface area contributed by atoms with Crippen LogP contribution in [-0.4, -0.2) is 29.9 Å². The molecule has 26 heavy (non-hydrogen) atoms. The van der Waals surface area contributed by atoms with Gasteiger partial charge < -0.3 is 4.90 Å². The van der Waals surface area contributed by atoms with Gasteiger partial charge in [-0.1, -0.05) is 55.0 Å². The Morgan fingerprint density at radius 3 is 2.31 bits per heavy atom. The van der Waals surface area contributed by atoms with Crippen LogP contribution in [0.4, 0.5) is 5.69 Å². The molecule has 0 aromatic heterocycles. The lowest BCUT2D eigenvalue weighted by atomic mass is 10.0. The fourth-order valence-corrected chi connectivity index (χ4v) is 3.78. The van der Waals surface area contributed by atoms with Gasteiger partial charge in [-0.3, -0.25) is 9.69 Å². The van der Waals surface area contributed by atoms with Gasteiger partial charge >= 0.3 is 0 Å². The lowest BCUT2D eigenvalue weighted by Crippen LogP contribution is -2.47. The second-order valence-electron chi connectivity index (χ2n) is 7.34. The van der Waals surface area contributed by atoms with E-state index in [1.807, 2.05) is 0 Å². The molecule has 1 heterocycles. The van der Waals surface area contributed by atoms with Crippen molar-refractivity contribution in [2.24, 2.45) is 0 Å². The number of carbonyl (C=O) groups excluding carboxylic acids is 1. The second-order valence-corrected chi connectivity index (χ2v) is 7.34. The van der Waals surface area contributed by atoms with Gasteiger partial charge in [-0.05, 0) is 43.9 Å². The van der Waals surface area contributed by atoms with Crippen LogP contribution < -0.4 is 4.90 Å². The highest BCUT2D eigenvalue weighted by atomic mass is 16.2. The number of aryl methyl sites for hydroxylation is 1. The molecule has 3 heteroatoms. The van der Waals surface area contributed by atoms with Crippen LogP contribution in [0.15, 0.2) is 54.6 Å². The Bertz CT molecular complexity index is 688. The summed E-state index contributed by atoms with van der Waals surface area (Å²) in [7, 11) is 0. The van der Waals surface area contributed by atoms with Gasteiger partial charge in [0.25, 0.3) is 0 Å². The number of hydrogen-bond donors (Lipinski definition) is 0. The summed E-state index contributed by atoms with van der Waals surface area (Å²) in [5, 5.41) is 0. The molecule has 0 spiro atoms. The highest BCUT2D eigenvalue weighted by molar-refractivity contribution is 5.94. The third kappa shape index (κ3) is 4.73. The number of piperidine rings is 1. The Morgan fingerprint density at radius 1 is 1.04 bits per heavy atom. The molecule has 1 fully saturated rings. The highest BCUT2D eigenvalue weighted by Crippen LogP contribution is 2.26. The number of hydrogen-bond acceptors (Lipinski definition) is 2. The van der Waals surface area contributed by atoms with Crippen LogP contribution in [0.1, 0.15) is 43.7 Å². The summed E-state index contributed by atoms with van der Waals surface area (Å²) in [6.45, 7) is 7.25. The second kappa shape index (κ2) is 9.00. The summed E-state index contributed by atoms with van der Waals surface area (Å²) in [4.78, 5) is 17.4. The molecule has 0 atom stereocenters. The van der Waals surface area contributed by atoms with E-state index in [1.165, 1.54) is 11.1 Å². The van der Waals surface area contributed by atoms with E-state index in [1.54, 1.807) is 0 Å². The largest absolute Gasteiger partial charge is 0.309 e. The van der Waals surface area contributed by atoms with Gasteiger partial charge in [-0.2, -0.15) is 0 Å². The van der Waals surface area contributed by atoms with Gasteiger partial charge in [-0.25, -0.2) is 0 Å². The third-order valence-corrected chi connectivity index (χ3v) is 5.22. The maximum Gasteiger partial charge on any atom is 0.227 e. The van der Waals surface area contributed by atoms with Crippen molar-refractivity contribution >= 4 is 11.6 Å². The van der Waals surface area contributed by atoms with Crippen LogP contribution in [0, 0.1) is 6.92 Å². The zero-order valence-corrected chi connectivity index (χ0v) is 16.0. The summed E-state index contributed by atoms with van der Waals surface area (Å²) in [6.07, 6.45) is 3.60. The van der Waals surface area contributed by atoms with Crippen LogP contribution >= 0.6 is 0 Å². The summed E-state index contributed by atoms with van der Waals surface area (Å²) < 4.78 is 0. The minimum absolute atomic E-state index is 0.262. The van der Waals surface area contributed by atoms with E-state index in [4.69, 9.17) is 0 Å². The summed E-state index contributed by atoms with van der Waals surface area (Å²) in [5.41, 5.74) is 3.65. The van der Waals surface area contributed by atoms with Crippen LogP contribution in [-0.2, 0) is 11.3 Å². The number of carbonyl (C=O) groups is 1. The average molecular weight is 351 g/mol. The number of likely N-dealkylation sites (tertiary alicyclic amines) is 1. The molecule has 0 saturated carbocycles. The monoisotopic (exact) mass is 350 g/mol. The van der Waals surface area contributed by atoms with E-state index >= 15 is 0 Å². The van der Waals surface area contributed by atoms with Crippen molar-refractivity contribution in [1.29, 1.82) is 0 Å². The standard InChI is InChI=1S/C23H30N2O/c1-3-7-23(26)25(21-12-10-19(2)11-13-21)22-14-16-24(17-15-22)18-20-8-5-4-6-9-20/h4-6,8-13,22H,3,7,14-18H2,1-2H3. The molecule has 138 valence electrons. The van der Waals surface area contributed by atoms with Crippen molar-refractivity contribution in [3.63, 3.8) is 0 Å². The van der Waals surface area contributed by atoms with Gasteiger partial charge in [-0.15, -0.1) is 0 Å². The Hall–Kier alpha value is -2.13. The predicted molar refractivity (Wildman–Crippen MR) is 108 cm³/mol. The molecule has 1 amide bonds. The molecule has 0 aliphatic carbocycles. The molecular formula is C23H30N2O. The zero-order valence-electron chi connectivity index (χ0n) is 16.0. The first-order valence-corrected chi connectivity index (χ1v) is 9.82. The van der Waals surface area contributed by atoms with Crippen molar-refractivity contribution < 1.29 is 4.79 Å². The number of benzene rings is 2. The van der Waals surface area contributed by atoms with E-state index in [0.717, 1.165) is 44.6 Å². The first kappa shape index (κ1) is 18.7. The molecule has 0 radical (unpaired) electrons. The number of anilines is 1.